The smallest absolute Gasteiger partial charge is 0.260 e. The van der Waals surface area contributed by atoms with Gasteiger partial charge < -0.3 is 9.47 Å². The van der Waals surface area contributed by atoms with Crippen molar-refractivity contribution in [3.63, 3.8) is 0 Å². The number of benzene rings is 2. The lowest BCUT2D eigenvalue weighted by molar-refractivity contribution is 0.0917. The predicted molar refractivity (Wildman–Crippen MR) is 116 cm³/mol. The Kier molecular flexibility index (Phi) is 5.94. The first-order chi connectivity index (χ1) is 13.6. The van der Waals surface area contributed by atoms with Gasteiger partial charge in [0, 0.05) is 16.6 Å². The molecule has 2 aromatic carbocycles. The van der Waals surface area contributed by atoms with Crippen LogP contribution in [0.5, 0.6) is 5.75 Å². The zero-order valence-corrected chi connectivity index (χ0v) is 18.0. The van der Waals surface area contributed by atoms with Gasteiger partial charge in [-0.15, -0.1) is 0 Å². The average Bonchev–Trinajstić information content (AvgIpc) is 3.35. The SMILES string of the molecule is CCOc1ccc2nc(N(CC3CCCO3)C(=O)c3cccc(Br)c3)sc2c1. The standard InChI is InChI=1S/C21H21BrN2O3S/c1-2-26-16-8-9-18-19(12-16)28-21(23-18)24(13-17-7-4-10-27-17)20(25)14-5-3-6-15(22)11-14/h3,5-6,8-9,11-12,17H,2,4,7,10,13H2,1H3. The molecule has 0 bridgehead atoms. The van der Waals surface area contributed by atoms with Crippen LogP contribution in [0, 0.1) is 0 Å². The van der Waals surface area contributed by atoms with E-state index in [0.717, 1.165) is 39.9 Å². The highest BCUT2D eigenvalue weighted by atomic mass is 79.9. The summed E-state index contributed by atoms with van der Waals surface area (Å²) in [5, 5.41) is 0.684. The summed E-state index contributed by atoms with van der Waals surface area (Å²) in [7, 11) is 0. The lowest BCUT2D eigenvalue weighted by Gasteiger charge is -2.23. The molecule has 0 saturated carbocycles. The summed E-state index contributed by atoms with van der Waals surface area (Å²) in [5.74, 6) is 0.745. The van der Waals surface area contributed by atoms with Crippen molar-refractivity contribution < 1.29 is 14.3 Å². The van der Waals surface area contributed by atoms with Crippen molar-refractivity contribution in [3.8, 4) is 5.75 Å². The highest BCUT2D eigenvalue weighted by molar-refractivity contribution is 9.10. The van der Waals surface area contributed by atoms with Crippen LogP contribution in [0.4, 0.5) is 5.13 Å². The molecule has 1 amide bonds. The van der Waals surface area contributed by atoms with Crippen molar-refractivity contribution in [3.05, 3.63) is 52.5 Å². The minimum absolute atomic E-state index is 0.0436. The summed E-state index contributed by atoms with van der Waals surface area (Å²) in [4.78, 5) is 19.8. The van der Waals surface area contributed by atoms with E-state index < -0.39 is 0 Å². The Morgan fingerprint density at radius 3 is 3.00 bits per heavy atom. The van der Waals surface area contributed by atoms with Gasteiger partial charge in [-0.3, -0.25) is 9.69 Å². The molecule has 1 unspecified atom stereocenters. The molecule has 1 aliphatic heterocycles. The van der Waals surface area contributed by atoms with Crippen LogP contribution >= 0.6 is 27.3 Å². The van der Waals surface area contributed by atoms with E-state index in [1.54, 1.807) is 4.90 Å². The molecular weight excluding hydrogens is 440 g/mol. The number of fused-ring (bicyclic) bond motifs is 1. The summed E-state index contributed by atoms with van der Waals surface area (Å²) < 4.78 is 13.3. The van der Waals surface area contributed by atoms with E-state index in [0.29, 0.717) is 23.8 Å². The maximum absolute atomic E-state index is 13.3. The Bertz CT molecular complexity index is 985. The molecule has 7 heteroatoms. The van der Waals surface area contributed by atoms with Gasteiger partial charge >= 0.3 is 0 Å². The van der Waals surface area contributed by atoms with E-state index in [-0.39, 0.29) is 12.0 Å². The normalized spacial score (nSPS) is 16.4. The first-order valence-corrected chi connectivity index (χ1v) is 11.0. The second kappa shape index (κ2) is 8.59. The van der Waals surface area contributed by atoms with Crippen molar-refractivity contribution in [2.45, 2.75) is 25.9 Å². The Hall–Kier alpha value is -1.96. The van der Waals surface area contributed by atoms with Crippen LogP contribution < -0.4 is 9.64 Å². The molecule has 146 valence electrons. The lowest BCUT2D eigenvalue weighted by Crippen LogP contribution is -2.37. The quantitative estimate of drug-likeness (QED) is 0.501. The molecule has 1 saturated heterocycles. The minimum atomic E-state index is -0.0686. The Morgan fingerprint density at radius 1 is 1.36 bits per heavy atom. The fourth-order valence-corrected chi connectivity index (χ4v) is 4.68. The zero-order valence-electron chi connectivity index (χ0n) is 15.6. The maximum Gasteiger partial charge on any atom is 0.260 e. The van der Waals surface area contributed by atoms with Crippen molar-refractivity contribution in [2.75, 3.05) is 24.7 Å². The first kappa shape index (κ1) is 19.4. The van der Waals surface area contributed by atoms with Gasteiger partial charge in [-0.05, 0) is 56.2 Å². The highest BCUT2D eigenvalue weighted by Gasteiger charge is 2.27. The molecule has 1 aromatic heterocycles. The maximum atomic E-state index is 13.3. The number of ether oxygens (including phenoxy) is 2. The van der Waals surface area contributed by atoms with Crippen molar-refractivity contribution >= 4 is 48.5 Å². The van der Waals surface area contributed by atoms with Gasteiger partial charge in [-0.2, -0.15) is 0 Å². The molecule has 3 aromatic rings. The third-order valence-electron chi connectivity index (χ3n) is 4.62. The molecule has 2 heterocycles. The number of rotatable bonds is 6. The third-order valence-corrected chi connectivity index (χ3v) is 6.15. The van der Waals surface area contributed by atoms with Gasteiger partial charge in [0.1, 0.15) is 5.75 Å². The van der Waals surface area contributed by atoms with E-state index in [1.807, 2.05) is 49.4 Å². The number of nitrogens with zero attached hydrogens (tertiary/aromatic N) is 2. The van der Waals surface area contributed by atoms with Crippen LogP contribution in [0.3, 0.4) is 0 Å². The Labute approximate surface area is 176 Å². The highest BCUT2D eigenvalue weighted by Crippen LogP contribution is 2.33. The van der Waals surface area contributed by atoms with E-state index in [9.17, 15) is 4.79 Å². The molecule has 0 radical (unpaired) electrons. The largest absolute Gasteiger partial charge is 0.494 e. The van der Waals surface area contributed by atoms with E-state index in [2.05, 4.69) is 15.9 Å². The third kappa shape index (κ3) is 4.21. The molecule has 1 atom stereocenters. The van der Waals surface area contributed by atoms with Gasteiger partial charge in [-0.25, -0.2) is 4.98 Å². The fraction of sp³-hybridized carbons (Fsp3) is 0.333. The van der Waals surface area contributed by atoms with Crippen molar-refractivity contribution in [1.82, 2.24) is 4.98 Å². The number of anilines is 1. The molecule has 0 spiro atoms. The number of thiazole rings is 1. The number of hydrogen-bond acceptors (Lipinski definition) is 5. The summed E-state index contributed by atoms with van der Waals surface area (Å²) in [6.45, 7) is 3.83. The van der Waals surface area contributed by atoms with Crippen molar-refractivity contribution in [1.29, 1.82) is 0 Å². The number of hydrogen-bond donors (Lipinski definition) is 0. The molecule has 5 nitrogen and oxygen atoms in total. The van der Waals surface area contributed by atoms with Gasteiger partial charge in [0.05, 0.1) is 29.5 Å². The summed E-state index contributed by atoms with van der Waals surface area (Å²) in [6.07, 6.45) is 2.03. The Morgan fingerprint density at radius 2 is 2.25 bits per heavy atom. The van der Waals surface area contributed by atoms with Crippen LogP contribution in [-0.2, 0) is 4.74 Å². The summed E-state index contributed by atoms with van der Waals surface area (Å²) >= 11 is 4.96. The van der Waals surface area contributed by atoms with Crippen molar-refractivity contribution in [2.24, 2.45) is 0 Å². The fourth-order valence-electron chi connectivity index (χ4n) is 3.28. The molecule has 4 rings (SSSR count). The molecule has 0 aliphatic carbocycles. The molecule has 1 fully saturated rings. The van der Waals surface area contributed by atoms with E-state index in [1.165, 1.54) is 11.3 Å². The first-order valence-electron chi connectivity index (χ1n) is 9.36. The van der Waals surface area contributed by atoms with Crippen LogP contribution in [0.25, 0.3) is 10.2 Å². The number of halogens is 1. The van der Waals surface area contributed by atoms with Gasteiger partial charge in [-0.1, -0.05) is 33.3 Å². The van der Waals surface area contributed by atoms with Crippen LogP contribution in [0.15, 0.2) is 46.9 Å². The zero-order chi connectivity index (χ0) is 19.5. The van der Waals surface area contributed by atoms with E-state index >= 15 is 0 Å². The second-order valence-electron chi connectivity index (χ2n) is 6.62. The molecular formula is C21H21BrN2O3S. The molecule has 0 N–H and O–H groups in total. The number of aromatic nitrogens is 1. The summed E-state index contributed by atoms with van der Waals surface area (Å²) in [6, 6.07) is 13.3. The van der Waals surface area contributed by atoms with Crippen LogP contribution in [0.1, 0.15) is 30.1 Å². The van der Waals surface area contributed by atoms with Gasteiger partial charge in [0.2, 0.25) is 0 Å². The van der Waals surface area contributed by atoms with Crippen LogP contribution in [0.2, 0.25) is 0 Å². The van der Waals surface area contributed by atoms with E-state index in [4.69, 9.17) is 14.5 Å². The second-order valence-corrected chi connectivity index (χ2v) is 8.54. The Balaban J connectivity index is 1.69. The topological polar surface area (TPSA) is 51.7 Å². The molecule has 1 aliphatic rings. The minimum Gasteiger partial charge on any atom is -0.494 e. The lowest BCUT2D eigenvalue weighted by atomic mass is 10.2. The van der Waals surface area contributed by atoms with Gasteiger partial charge in [0.25, 0.3) is 5.91 Å². The number of amides is 1. The van der Waals surface area contributed by atoms with Crippen LogP contribution in [-0.4, -0.2) is 36.8 Å². The number of carbonyl (C=O) groups excluding carboxylic acids is 1. The number of carbonyl (C=O) groups is 1. The predicted octanol–water partition coefficient (Wildman–Crippen LogP) is 5.28. The average molecular weight is 461 g/mol. The summed E-state index contributed by atoms with van der Waals surface area (Å²) in [5.41, 5.74) is 1.49. The monoisotopic (exact) mass is 460 g/mol. The van der Waals surface area contributed by atoms with Gasteiger partial charge in [0.15, 0.2) is 5.13 Å². The molecule has 28 heavy (non-hydrogen) atoms.